The summed E-state index contributed by atoms with van der Waals surface area (Å²) in [5, 5.41) is 4.16. The van der Waals surface area contributed by atoms with E-state index in [0.717, 1.165) is 33.3 Å². The molecule has 1 unspecified atom stereocenters. The molecule has 1 saturated heterocycles. The largest absolute Gasteiger partial charge is 0.356 e. The van der Waals surface area contributed by atoms with E-state index in [0.29, 0.717) is 19.5 Å². The fourth-order valence-corrected chi connectivity index (χ4v) is 6.55. The van der Waals surface area contributed by atoms with Crippen LogP contribution in [-0.4, -0.2) is 40.8 Å². The number of fused-ring (bicyclic) bond motifs is 5. The normalized spacial score (nSPS) is 18.0. The highest BCUT2D eigenvalue weighted by atomic mass is 16.2. The van der Waals surface area contributed by atoms with Gasteiger partial charge >= 0.3 is 6.03 Å². The van der Waals surface area contributed by atoms with Gasteiger partial charge in [-0.15, -0.1) is 0 Å². The van der Waals surface area contributed by atoms with Gasteiger partial charge in [0, 0.05) is 29.9 Å². The minimum Gasteiger partial charge on any atom is -0.356 e. The van der Waals surface area contributed by atoms with Crippen LogP contribution in [0.4, 0.5) is 10.5 Å². The number of anilines is 1. The number of nitrogens with one attached hydrogen (secondary N) is 2. The van der Waals surface area contributed by atoms with E-state index in [4.69, 9.17) is 0 Å². The Bertz CT molecular complexity index is 1790. The summed E-state index contributed by atoms with van der Waals surface area (Å²) in [6.45, 7) is 2.57. The molecule has 7 nitrogen and oxygen atoms in total. The third-order valence-corrected chi connectivity index (χ3v) is 8.73. The number of H-pyrrole nitrogens is 1. The second kappa shape index (κ2) is 10.0. The summed E-state index contributed by atoms with van der Waals surface area (Å²) in [6, 6.07) is 34.5. The zero-order chi connectivity index (χ0) is 28.8. The van der Waals surface area contributed by atoms with Gasteiger partial charge in [-0.2, -0.15) is 0 Å². The molecule has 0 radical (unpaired) electrons. The van der Waals surface area contributed by atoms with Crippen LogP contribution in [0, 0.1) is 0 Å². The molecular formula is C35H30N4O3. The lowest BCUT2D eigenvalue weighted by atomic mass is 9.87. The first kappa shape index (κ1) is 25.8. The molecule has 208 valence electrons. The monoisotopic (exact) mass is 554 g/mol. The third kappa shape index (κ3) is 3.92. The number of para-hydroxylation sites is 2. The van der Waals surface area contributed by atoms with E-state index < -0.39 is 11.6 Å². The summed E-state index contributed by atoms with van der Waals surface area (Å²) < 4.78 is 0. The number of imide groups is 1. The molecule has 2 aliphatic rings. The fraction of sp³-hybridized carbons (Fsp3) is 0.171. The van der Waals surface area contributed by atoms with Crippen molar-refractivity contribution in [2.24, 2.45) is 0 Å². The molecule has 0 saturated carbocycles. The molecule has 7 heteroatoms. The average molecular weight is 555 g/mol. The molecule has 4 amide bonds. The minimum atomic E-state index is -1.20. The fourth-order valence-electron chi connectivity index (χ4n) is 6.55. The molecule has 0 bridgehead atoms. The van der Waals surface area contributed by atoms with Crippen molar-refractivity contribution in [1.29, 1.82) is 0 Å². The van der Waals surface area contributed by atoms with Gasteiger partial charge < -0.3 is 15.2 Å². The Labute approximate surface area is 243 Å². The van der Waals surface area contributed by atoms with Crippen molar-refractivity contribution in [2.45, 2.75) is 24.8 Å². The van der Waals surface area contributed by atoms with Gasteiger partial charge in [-0.05, 0) is 48.2 Å². The molecule has 2 N–H and O–H groups in total. The Balaban J connectivity index is 1.21. The molecule has 0 aliphatic carbocycles. The van der Waals surface area contributed by atoms with Crippen LogP contribution in [-0.2, 0) is 16.8 Å². The number of benzene rings is 4. The number of hydrogen-bond acceptors (Lipinski definition) is 3. The number of hydrogen-bond donors (Lipinski definition) is 2. The van der Waals surface area contributed by atoms with Crippen LogP contribution < -0.4 is 10.2 Å². The second-order valence-electron chi connectivity index (χ2n) is 11.0. The van der Waals surface area contributed by atoms with E-state index in [1.807, 2.05) is 60.7 Å². The summed E-state index contributed by atoms with van der Waals surface area (Å²) in [4.78, 5) is 48.1. The summed E-state index contributed by atoms with van der Waals surface area (Å²) >= 11 is 0. The minimum absolute atomic E-state index is 0.0631. The van der Waals surface area contributed by atoms with Crippen LogP contribution in [0.3, 0.4) is 0 Å². The Morgan fingerprint density at radius 1 is 0.857 bits per heavy atom. The van der Waals surface area contributed by atoms with E-state index in [2.05, 4.69) is 34.6 Å². The van der Waals surface area contributed by atoms with Gasteiger partial charge in [-0.1, -0.05) is 91.0 Å². The van der Waals surface area contributed by atoms with Gasteiger partial charge in [0.2, 0.25) is 0 Å². The van der Waals surface area contributed by atoms with Crippen LogP contribution in [0.5, 0.6) is 0 Å². The molecule has 5 aromatic rings. The maximum Gasteiger partial charge on any atom is 0.332 e. The van der Waals surface area contributed by atoms with E-state index in [9.17, 15) is 14.4 Å². The Morgan fingerprint density at radius 3 is 2.19 bits per heavy atom. The predicted molar refractivity (Wildman–Crippen MR) is 162 cm³/mol. The highest BCUT2D eigenvalue weighted by molar-refractivity contribution is 6.25. The molecule has 1 atom stereocenters. The molecule has 0 spiro atoms. The van der Waals surface area contributed by atoms with Crippen molar-refractivity contribution in [3.8, 4) is 0 Å². The molecule has 3 heterocycles. The molecule has 1 fully saturated rings. The highest BCUT2D eigenvalue weighted by Crippen LogP contribution is 2.45. The third-order valence-electron chi connectivity index (χ3n) is 8.73. The maximum atomic E-state index is 14.2. The van der Waals surface area contributed by atoms with Crippen LogP contribution >= 0.6 is 0 Å². The van der Waals surface area contributed by atoms with Gasteiger partial charge in [0.05, 0.1) is 16.9 Å². The Kier molecular flexibility index (Phi) is 6.16. The van der Waals surface area contributed by atoms with E-state index in [1.54, 1.807) is 36.1 Å². The van der Waals surface area contributed by atoms with Crippen molar-refractivity contribution in [1.82, 2.24) is 15.2 Å². The number of amides is 4. The topological polar surface area (TPSA) is 85.5 Å². The predicted octanol–water partition coefficient (Wildman–Crippen LogP) is 5.97. The van der Waals surface area contributed by atoms with E-state index >= 15 is 0 Å². The van der Waals surface area contributed by atoms with Crippen molar-refractivity contribution >= 4 is 34.4 Å². The summed E-state index contributed by atoms with van der Waals surface area (Å²) in [7, 11) is 0. The quantitative estimate of drug-likeness (QED) is 0.254. The van der Waals surface area contributed by atoms with Gasteiger partial charge in [-0.3, -0.25) is 9.59 Å². The van der Waals surface area contributed by atoms with Crippen molar-refractivity contribution in [3.05, 3.63) is 137 Å². The first-order valence-electron chi connectivity index (χ1n) is 14.2. The number of carbonyl (C=O) groups excluding carboxylic acids is 3. The number of carbonyl (C=O) groups is 3. The maximum absolute atomic E-state index is 14.2. The Morgan fingerprint density at radius 2 is 1.48 bits per heavy atom. The van der Waals surface area contributed by atoms with Crippen molar-refractivity contribution in [3.63, 3.8) is 0 Å². The molecule has 42 heavy (non-hydrogen) atoms. The van der Waals surface area contributed by atoms with Crippen LogP contribution in [0.2, 0.25) is 0 Å². The van der Waals surface area contributed by atoms with E-state index in [1.165, 1.54) is 4.90 Å². The van der Waals surface area contributed by atoms with Crippen molar-refractivity contribution < 1.29 is 14.4 Å². The number of aromatic amines is 1. The molecule has 2 aliphatic heterocycles. The van der Waals surface area contributed by atoms with Gasteiger partial charge in [-0.25, -0.2) is 9.69 Å². The highest BCUT2D eigenvalue weighted by Gasteiger charge is 2.59. The van der Waals surface area contributed by atoms with Gasteiger partial charge in [0.15, 0.2) is 5.54 Å². The van der Waals surface area contributed by atoms with Crippen LogP contribution in [0.15, 0.2) is 109 Å². The molecule has 4 aromatic carbocycles. The lowest BCUT2D eigenvalue weighted by molar-refractivity contribution is -0.125. The molecular weight excluding hydrogens is 524 g/mol. The number of urea groups is 1. The SMILES string of the molecule is CC12C(=O)N(c3ccccc3C(=O)NCC(c3ccccc3)c3ccccc3)C(=O)N1CCc1c2[nH]c2ccccc12. The standard InChI is InChI=1S/C35H30N4O3/c1-35-31-26(25-16-8-10-18-29(25)37-31)20-21-38(35)34(42)39(33(35)41)30-19-11-9-17-27(30)32(40)36-22-28(23-12-4-2-5-13-23)24-14-6-3-7-15-24/h2-19,28,37H,20-22H2,1H3,(H,36,40). The number of aromatic nitrogens is 1. The van der Waals surface area contributed by atoms with Crippen molar-refractivity contribution in [2.75, 3.05) is 18.0 Å². The summed E-state index contributed by atoms with van der Waals surface area (Å²) in [6.07, 6.45) is 0.643. The Hall–Kier alpha value is -5.17. The summed E-state index contributed by atoms with van der Waals surface area (Å²) in [5.74, 6) is -0.775. The zero-order valence-electron chi connectivity index (χ0n) is 23.2. The zero-order valence-corrected chi connectivity index (χ0v) is 23.2. The second-order valence-corrected chi connectivity index (χ2v) is 11.0. The van der Waals surface area contributed by atoms with Crippen LogP contribution in [0.25, 0.3) is 10.9 Å². The number of rotatable bonds is 6. The summed E-state index contributed by atoms with van der Waals surface area (Å²) in [5.41, 5.74) is 4.28. The van der Waals surface area contributed by atoms with Gasteiger partial charge in [0.25, 0.3) is 11.8 Å². The lowest BCUT2D eigenvalue weighted by Crippen LogP contribution is -2.49. The smallest absolute Gasteiger partial charge is 0.332 e. The van der Waals surface area contributed by atoms with Crippen LogP contribution in [0.1, 0.15) is 45.6 Å². The number of nitrogens with zero attached hydrogens (tertiary/aromatic N) is 2. The first-order chi connectivity index (χ1) is 20.5. The van der Waals surface area contributed by atoms with E-state index in [-0.39, 0.29) is 29.0 Å². The van der Waals surface area contributed by atoms with Gasteiger partial charge in [0.1, 0.15) is 0 Å². The molecule has 1 aromatic heterocycles. The lowest BCUT2D eigenvalue weighted by Gasteiger charge is -2.35. The average Bonchev–Trinajstić information content (AvgIpc) is 3.51. The first-order valence-corrected chi connectivity index (χ1v) is 14.2. The molecule has 7 rings (SSSR count).